The van der Waals surface area contributed by atoms with Crippen LogP contribution in [0.15, 0.2) is 11.6 Å². The molecular formula is C6H11ClO. The number of alkyl halides is 1. The maximum atomic E-state index is 8.53. The minimum atomic E-state index is 0.142. The van der Waals surface area contributed by atoms with Crippen LogP contribution in [0.5, 0.6) is 0 Å². The number of aliphatic hydroxyl groups excluding tert-OH is 1. The fraction of sp³-hybridized carbons (Fsp3) is 0.667. The zero-order chi connectivity index (χ0) is 6.41. The molecule has 0 bridgehead atoms. The minimum Gasteiger partial charge on any atom is -0.392 e. The fourth-order valence-corrected chi connectivity index (χ4v) is 0.648. The zero-order valence-corrected chi connectivity index (χ0v) is 5.78. The molecule has 0 rings (SSSR count). The highest BCUT2D eigenvalue weighted by Crippen LogP contribution is 1.97. The van der Waals surface area contributed by atoms with Crippen LogP contribution in [0.25, 0.3) is 0 Å². The van der Waals surface area contributed by atoms with E-state index in [1.165, 1.54) is 0 Å². The van der Waals surface area contributed by atoms with Gasteiger partial charge in [0.05, 0.1) is 6.61 Å². The van der Waals surface area contributed by atoms with Gasteiger partial charge in [-0.05, 0) is 12.0 Å². The smallest absolute Gasteiger partial charge is 0.0642 e. The largest absolute Gasteiger partial charge is 0.392 e. The average molecular weight is 135 g/mol. The summed E-state index contributed by atoms with van der Waals surface area (Å²) in [6, 6.07) is 0. The fourth-order valence-electron chi connectivity index (χ4n) is 0.430. The SMILES string of the molecule is CCC(=CCCl)CO. The van der Waals surface area contributed by atoms with E-state index in [1.54, 1.807) is 0 Å². The van der Waals surface area contributed by atoms with E-state index in [9.17, 15) is 0 Å². The van der Waals surface area contributed by atoms with Crippen molar-refractivity contribution >= 4 is 11.6 Å². The summed E-state index contributed by atoms with van der Waals surface area (Å²) in [6.45, 7) is 2.14. The summed E-state index contributed by atoms with van der Waals surface area (Å²) < 4.78 is 0. The van der Waals surface area contributed by atoms with Crippen LogP contribution in [0.4, 0.5) is 0 Å². The standard InChI is InChI=1S/C6H11ClO/c1-2-6(5-8)3-4-7/h3,8H,2,4-5H2,1H3. The van der Waals surface area contributed by atoms with Gasteiger partial charge in [0, 0.05) is 5.88 Å². The van der Waals surface area contributed by atoms with Crippen LogP contribution >= 0.6 is 11.6 Å². The van der Waals surface area contributed by atoms with E-state index in [0.717, 1.165) is 12.0 Å². The summed E-state index contributed by atoms with van der Waals surface area (Å²) in [7, 11) is 0. The maximum Gasteiger partial charge on any atom is 0.0642 e. The van der Waals surface area contributed by atoms with Gasteiger partial charge in [-0.25, -0.2) is 0 Å². The van der Waals surface area contributed by atoms with Crippen LogP contribution in [0, 0.1) is 0 Å². The van der Waals surface area contributed by atoms with Crippen LogP contribution in [-0.2, 0) is 0 Å². The molecule has 0 amide bonds. The lowest BCUT2D eigenvalue weighted by atomic mass is 10.2. The Labute approximate surface area is 55.0 Å². The molecule has 1 N–H and O–H groups in total. The molecule has 1 nitrogen and oxygen atoms in total. The van der Waals surface area contributed by atoms with Crippen molar-refractivity contribution in [3.05, 3.63) is 11.6 Å². The van der Waals surface area contributed by atoms with Gasteiger partial charge in [-0.15, -0.1) is 11.6 Å². The highest BCUT2D eigenvalue weighted by molar-refractivity contribution is 6.18. The number of allylic oxidation sites excluding steroid dienone is 1. The van der Waals surface area contributed by atoms with Crippen LogP contribution in [-0.4, -0.2) is 17.6 Å². The third kappa shape index (κ3) is 3.05. The third-order valence-electron chi connectivity index (χ3n) is 1.02. The van der Waals surface area contributed by atoms with E-state index in [2.05, 4.69) is 0 Å². The Balaban J connectivity index is 3.49. The molecule has 48 valence electrons. The third-order valence-corrected chi connectivity index (χ3v) is 1.18. The summed E-state index contributed by atoms with van der Waals surface area (Å²) in [6.07, 6.45) is 2.73. The molecule has 0 fully saturated rings. The second kappa shape index (κ2) is 5.13. The van der Waals surface area contributed by atoms with Gasteiger partial charge in [-0.3, -0.25) is 0 Å². The van der Waals surface area contributed by atoms with Gasteiger partial charge >= 0.3 is 0 Å². The number of aliphatic hydroxyl groups is 1. The van der Waals surface area contributed by atoms with Gasteiger partial charge in [0.25, 0.3) is 0 Å². The lowest BCUT2D eigenvalue weighted by molar-refractivity contribution is 0.327. The summed E-state index contributed by atoms with van der Waals surface area (Å²) >= 11 is 5.37. The van der Waals surface area contributed by atoms with E-state index in [1.807, 2.05) is 13.0 Å². The topological polar surface area (TPSA) is 20.2 Å². The molecule has 2 heteroatoms. The van der Waals surface area contributed by atoms with Gasteiger partial charge in [0.2, 0.25) is 0 Å². The second-order valence-corrected chi connectivity index (χ2v) is 1.84. The van der Waals surface area contributed by atoms with Crippen LogP contribution in [0.3, 0.4) is 0 Å². The maximum absolute atomic E-state index is 8.53. The molecule has 0 saturated heterocycles. The van der Waals surface area contributed by atoms with Crippen LogP contribution < -0.4 is 0 Å². The normalized spacial score (nSPS) is 12.1. The van der Waals surface area contributed by atoms with E-state index in [0.29, 0.717) is 5.88 Å². The predicted octanol–water partition coefficient (Wildman–Crippen LogP) is 1.55. The molecule has 8 heavy (non-hydrogen) atoms. The molecule has 0 spiro atoms. The first kappa shape index (κ1) is 7.99. The average Bonchev–Trinajstić information content (AvgIpc) is 1.83. The molecule has 0 saturated carbocycles. The summed E-state index contributed by atoms with van der Waals surface area (Å²) in [5.41, 5.74) is 1.01. The Hall–Kier alpha value is -0.0100. The lowest BCUT2D eigenvalue weighted by Crippen LogP contribution is -1.87. The molecule has 0 aromatic rings. The first-order chi connectivity index (χ1) is 3.85. The molecule has 0 aromatic carbocycles. The molecule has 0 aliphatic carbocycles. The van der Waals surface area contributed by atoms with Crippen molar-refractivity contribution in [3.63, 3.8) is 0 Å². The van der Waals surface area contributed by atoms with Crippen LogP contribution in [0.2, 0.25) is 0 Å². The number of halogens is 1. The molecule has 0 atom stereocenters. The summed E-state index contributed by atoms with van der Waals surface area (Å²) in [5, 5.41) is 8.53. The number of hydrogen-bond acceptors (Lipinski definition) is 1. The van der Waals surface area contributed by atoms with Crippen molar-refractivity contribution in [2.45, 2.75) is 13.3 Å². The molecule has 0 radical (unpaired) electrons. The number of hydrogen-bond donors (Lipinski definition) is 1. The molecule has 0 unspecified atom stereocenters. The molecule has 0 aliphatic heterocycles. The van der Waals surface area contributed by atoms with Crippen molar-refractivity contribution in [2.24, 2.45) is 0 Å². The van der Waals surface area contributed by atoms with Crippen molar-refractivity contribution in [1.29, 1.82) is 0 Å². The van der Waals surface area contributed by atoms with Crippen molar-refractivity contribution in [3.8, 4) is 0 Å². The van der Waals surface area contributed by atoms with Crippen molar-refractivity contribution in [2.75, 3.05) is 12.5 Å². The van der Waals surface area contributed by atoms with Crippen molar-refractivity contribution in [1.82, 2.24) is 0 Å². The van der Waals surface area contributed by atoms with Crippen LogP contribution in [0.1, 0.15) is 13.3 Å². The quantitative estimate of drug-likeness (QED) is 0.459. The monoisotopic (exact) mass is 134 g/mol. The Morgan fingerprint density at radius 2 is 2.38 bits per heavy atom. The van der Waals surface area contributed by atoms with Gasteiger partial charge in [0.15, 0.2) is 0 Å². The Bertz CT molecular complexity index is 72.6. The van der Waals surface area contributed by atoms with Gasteiger partial charge in [-0.2, -0.15) is 0 Å². The van der Waals surface area contributed by atoms with E-state index < -0.39 is 0 Å². The second-order valence-electron chi connectivity index (χ2n) is 1.53. The minimum absolute atomic E-state index is 0.142. The first-order valence-electron chi connectivity index (χ1n) is 2.69. The summed E-state index contributed by atoms with van der Waals surface area (Å²) in [4.78, 5) is 0. The highest BCUT2D eigenvalue weighted by Gasteiger charge is 1.86. The van der Waals surface area contributed by atoms with E-state index in [4.69, 9.17) is 16.7 Å². The lowest BCUT2D eigenvalue weighted by Gasteiger charge is -1.94. The van der Waals surface area contributed by atoms with Gasteiger partial charge in [-0.1, -0.05) is 13.0 Å². The first-order valence-corrected chi connectivity index (χ1v) is 3.23. The van der Waals surface area contributed by atoms with Gasteiger partial charge < -0.3 is 5.11 Å². The van der Waals surface area contributed by atoms with E-state index in [-0.39, 0.29) is 6.61 Å². The molecule has 0 aromatic heterocycles. The summed E-state index contributed by atoms with van der Waals surface area (Å²) in [5.74, 6) is 0.504. The Morgan fingerprint density at radius 1 is 1.75 bits per heavy atom. The van der Waals surface area contributed by atoms with Crippen molar-refractivity contribution < 1.29 is 5.11 Å². The molecule has 0 aliphatic rings. The molecule has 0 heterocycles. The molecular weight excluding hydrogens is 124 g/mol. The van der Waals surface area contributed by atoms with Gasteiger partial charge in [0.1, 0.15) is 0 Å². The zero-order valence-electron chi connectivity index (χ0n) is 5.02. The Kier molecular flexibility index (Phi) is 5.13. The highest BCUT2D eigenvalue weighted by atomic mass is 35.5. The van der Waals surface area contributed by atoms with E-state index >= 15 is 0 Å². The Morgan fingerprint density at radius 3 is 2.50 bits per heavy atom. The predicted molar refractivity (Wildman–Crippen MR) is 36.2 cm³/mol. The number of rotatable bonds is 3.